The highest BCUT2D eigenvalue weighted by atomic mass is 32.1. The SMILES string of the molecule is CCNC1CCCc2sc(C3CC3)nc21. The van der Waals surface area contributed by atoms with E-state index in [0.717, 1.165) is 12.5 Å². The molecule has 0 saturated heterocycles. The molecule has 1 saturated carbocycles. The van der Waals surface area contributed by atoms with Crippen molar-refractivity contribution in [3.63, 3.8) is 0 Å². The van der Waals surface area contributed by atoms with Crippen LogP contribution in [0.5, 0.6) is 0 Å². The minimum atomic E-state index is 0.544. The van der Waals surface area contributed by atoms with E-state index >= 15 is 0 Å². The number of thiazole rings is 1. The summed E-state index contributed by atoms with van der Waals surface area (Å²) < 4.78 is 0. The Morgan fingerprint density at radius 2 is 2.27 bits per heavy atom. The molecule has 1 aromatic rings. The third-order valence-corrected chi connectivity index (χ3v) is 4.64. The molecule has 0 spiro atoms. The summed E-state index contributed by atoms with van der Waals surface area (Å²) in [6.07, 6.45) is 6.61. The van der Waals surface area contributed by atoms with Gasteiger partial charge in [-0.05, 0) is 38.6 Å². The van der Waals surface area contributed by atoms with Crippen LogP contribution in [0.2, 0.25) is 0 Å². The molecule has 0 bridgehead atoms. The number of nitrogens with zero attached hydrogens (tertiary/aromatic N) is 1. The highest BCUT2D eigenvalue weighted by Crippen LogP contribution is 2.44. The van der Waals surface area contributed by atoms with Crippen LogP contribution >= 0.6 is 11.3 Å². The second-order valence-electron chi connectivity index (χ2n) is 4.64. The molecule has 1 atom stereocenters. The van der Waals surface area contributed by atoms with Crippen LogP contribution < -0.4 is 5.32 Å². The van der Waals surface area contributed by atoms with Crippen molar-refractivity contribution in [2.24, 2.45) is 0 Å². The number of fused-ring (bicyclic) bond motifs is 1. The lowest BCUT2D eigenvalue weighted by atomic mass is 9.98. The molecule has 1 aromatic heterocycles. The van der Waals surface area contributed by atoms with Gasteiger partial charge in [-0.25, -0.2) is 4.98 Å². The molecule has 0 amide bonds. The van der Waals surface area contributed by atoms with E-state index in [4.69, 9.17) is 4.98 Å². The fourth-order valence-electron chi connectivity index (χ4n) is 2.39. The average Bonchev–Trinajstić information content (AvgIpc) is 2.99. The zero-order valence-electron chi connectivity index (χ0n) is 9.25. The lowest BCUT2D eigenvalue weighted by Gasteiger charge is -2.21. The molecule has 0 aromatic carbocycles. The topological polar surface area (TPSA) is 24.9 Å². The summed E-state index contributed by atoms with van der Waals surface area (Å²) in [5, 5.41) is 4.98. The highest BCUT2D eigenvalue weighted by Gasteiger charge is 2.31. The standard InChI is InChI=1S/C12H18N2S/c1-2-13-9-4-3-5-10-11(9)14-12(15-10)8-6-7-8/h8-9,13H,2-7H2,1H3. The van der Waals surface area contributed by atoms with E-state index in [1.165, 1.54) is 42.8 Å². The molecule has 3 heteroatoms. The third kappa shape index (κ3) is 1.83. The minimum absolute atomic E-state index is 0.544. The lowest BCUT2D eigenvalue weighted by molar-refractivity contribution is 0.465. The molecule has 15 heavy (non-hydrogen) atoms. The Morgan fingerprint density at radius 3 is 3.00 bits per heavy atom. The predicted molar refractivity (Wildman–Crippen MR) is 63.4 cm³/mol. The van der Waals surface area contributed by atoms with Gasteiger partial charge in [0.1, 0.15) is 0 Å². The van der Waals surface area contributed by atoms with Gasteiger partial charge in [0.05, 0.1) is 16.7 Å². The first kappa shape index (κ1) is 9.79. The predicted octanol–water partition coefficient (Wildman–Crippen LogP) is 3.01. The third-order valence-electron chi connectivity index (χ3n) is 3.35. The number of hydrogen-bond acceptors (Lipinski definition) is 3. The van der Waals surface area contributed by atoms with Crippen LogP contribution in [0.25, 0.3) is 0 Å². The van der Waals surface area contributed by atoms with Crippen LogP contribution in [0.3, 0.4) is 0 Å². The molecule has 82 valence electrons. The fraction of sp³-hybridized carbons (Fsp3) is 0.750. The van der Waals surface area contributed by atoms with E-state index in [9.17, 15) is 0 Å². The van der Waals surface area contributed by atoms with Gasteiger partial charge in [-0.3, -0.25) is 0 Å². The largest absolute Gasteiger partial charge is 0.309 e. The summed E-state index contributed by atoms with van der Waals surface area (Å²) in [4.78, 5) is 6.43. The maximum absolute atomic E-state index is 4.87. The van der Waals surface area contributed by atoms with Crippen molar-refractivity contribution < 1.29 is 0 Å². The van der Waals surface area contributed by atoms with Crippen LogP contribution in [0, 0.1) is 0 Å². The Hall–Kier alpha value is -0.410. The summed E-state index contributed by atoms with van der Waals surface area (Å²) in [7, 11) is 0. The summed E-state index contributed by atoms with van der Waals surface area (Å²) in [5.41, 5.74) is 1.38. The van der Waals surface area contributed by atoms with Crippen LogP contribution in [0.4, 0.5) is 0 Å². The first-order valence-electron chi connectivity index (χ1n) is 6.11. The first-order valence-corrected chi connectivity index (χ1v) is 6.93. The van der Waals surface area contributed by atoms with Gasteiger partial charge in [-0.2, -0.15) is 0 Å². The van der Waals surface area contributed by atoms with Crippen molar-refractivity contribution in [3.05, 3.63) is 15.6 Å². The van der Waals surface area contributed by atoms with Gasteiger partial charge in [0.25, 0.3) is 0 Å². The van der Waals surface area contributed by atoms with E-state index in [1.807, 2.05) is 11.3 Å². The van der Waals surface area contributed by atoms with Crippen molar-refractivity contribution in [1.82, 2.24) is 10.3 Å². The molecular weight excluding hydrogens is 204 g/mol. The van der Waals surface area contributed by atoms with Crippen LogP contribution in [0.1, 0.15) is 60.1 Å². The molecule has 0 radical (unpaired) electrons. The molecule has 3 rings (SSSR count). The Labute approximate surface area is 95.1 Å². The van der Waals surface area contributed by atoms with Crippen LogP contribution in [-0.4, -0.2) is 11.5 Å². The summed E-state index contributed by atoms with van der Waals surface area (Å²) in [6, 6.07) is 0.544. The molecule has 1 unspecified atom stereocenters. The summed E-state index contributed by atoms with van der Waals surface area (Å²) in [6.45, 7) is 3.24. The second kappa shape index (κ2) is 3.87. The molecule has 2 aliphatic carbocycles. The van der Waals surface area contributed by atoms with Crippen molar-refractivity contribution in [3.8, 4) is 0 Å². The maximum Gasteiger partial charge on any atom is 0.0962 e. The molecular formula is C12H18N2S. The number of nitrogens with one attached hydrogen (secondary N) is 1. The van der Waals surface area contributed by atoms with E-state index in [0.29, 0.717) is 6.04 Å². The Balaban J connectivity index is 1.88. The number of rotatable bonds is 3. The summed E-state index contributed by atoms with van der Waals surface area (Å²) in [5.74, 6) is 0.822. The molecule has 0 aliphatic heterocycles. The normalized spacial score (nSPS) is 25.3. The van der Waals surface area contributed by atoms with Gasteiger partial charge < -0.3 is 5.32 Å². The number of aryl methyl sites for hydroxylation is 1. The van der Waals surface area contributed by atoms with Crippen molar-refractivity contribution in [2.45, 2.75) is 51.0 Å². The van der Waals surface area contributed by atoms with Gasteiger partial charge in [-0.1, -0.05) is 6.92 Å². The first-order chi connectivity index (χ1) is 7.38. The maximum atomic E-state index is 4.87. The van der Waals surface area contributed by atoms with Crippen LogP contribution in [-0.2, 0) is 6.42 Å². The van der Waals surface area contributed by atoms with Gasteiger partial charge in [0.2, 0.25) is 0 Å². The van der Waals surface area contributed by atoms with Crippen LogP contribution in [0.15, 0.2) is 0 Å². The van der Waals surface area contributed by atoms with Crippen molar-refractivity contribution in [1.29, 1.82) is 0 Å². The minimum Gasteiger partial charge on any atom is -0.309 e. The number of hydrogen-bond donors (Lipinski definition) is 1. The highest BCUT2D eigenvalue weighted by molar-refractivity contribution is 7.11. The zero-order chi connectivity index (χ0) is 10.3. The number of aromatic nitrogens is 1. The molecule has 1 N–H and O–H groups in total. The van der Waals surface area contributed by atoms with Gasteiger partial charge >= 0.3 is 0 Å². The Kier molecular flexibility index (Phi) is 2.53. The Morgan fingerprint density at radius 1 is 1.40 bits per heavy atom. The Bertz CT molecular complexity index is 355. The monoisotopic (exact) mass is 222 g/mol. The van der Waals surface area contributed by atoms with E-state index in [-0.39, 0.29) is 0 Å². The van der Waals surface area contributed by atoms with Gasteiger partial charge in [0.15, 0.2) is 0 Å². The van der Waals surface area contributed by atoms with Gasteiger partial charge in [0, 0.05) is 10.8 Å². The lowest BCUT2D eigenvalue weighted by Crippen LogP contribution is -2.24. The quantitative estimate of drug-likeness (QED) is 0.850. The average molecular weight is 222 g/mol. The van der Waals surface area contributed by atoms with Crippen molar-refractivity contribution >= 4 is 11.3 Å². The van der Waals surface area contributed by atoms with Crippen molar-refractivity contribution in [2.75, 3.05) is 6.54 Å². The fourth-order valence-corrected chi connectivity index (χ4v) is 3.72. The van der Waals surface area contributed by atoms with E-state index in [1.54, 1.807) is 4.88 Å². The molecule has 1 heterocycles. The second-order valence-corrected chi connectivity index (χ2v) is 5.75. The van der Waals surface area contributed by atoms with E-state index < -0.39 is 0 Å². The van der Waals surface area contributed by atoms with E-state index in [2.05, 4.69) is 12.2 Å². The molecule has 1 fully saturated rings. The molecule has 2 nitrogen and oxygen atoms in total. The zero-order valence-corrected chi connectivity index (χ0v) is 10.1. The molecule has 2 aliphatic rings. The smallest absolute Gasteiger partial charge is 0.0962 e. The van der Waals surface area contributed by atoms with Gasteiger partial charge in [-0.15, -0.1) is 11.3 Å². The summed E-state index contributed by atoms with van der Waals surface area (Å²) >= 11 is 1.98.